The van der Waals surface area contributed by atoms with Crippen LogP contribution in [-0.4, -0.2) is 12.5 Å². The van der Waals surface area contributed by atoms with Gasteiger partial charge in [-0.1, -0.05) is 25.4 Å². The number of halogens is 6. The summed E-state index contributed by atoms with van der Waals surface area (Å²) in [5, 5.41) is 9.36. The molecule has 0 unspecified atom stereocenters. The standard InChI is InChI=1S/C15H12ClF3OS.C15H11F2NOS.C2H6/c1-8-13(21-2)4-3-12(14(8)15(18)19)20-11-6-9(16)5-10(17)7-11;1-9-13(8-18)14(3-4-15(9)20-2)19-12-6-10(16)5-11(17)7-12;1-2/h3-7,15H,1-2H3;3-7H,1-2H3;1-2H3. The second kappa shape index (κ2) is 17.0. The Morgan fingerprint density at radius 1 is 0.721 bits per heavy atom. The van der Waals surface area contributed by atoms with Crippen LogP contribution in [0.1, 0.15) is 42.5 Å². The van der Waals surface area contributed by atoms with Crippen molar-refractivity contribution in [3.8, 4) is 29.1 Å². The van der Waals surface area contributed by atoms with Crippen molar-refractivity contribution in [1.29, 1.82) is 5.26 Å². The van der Waals surface area contributed by atoms with E-state index in [4.69, 9.17) is 21.1 Å². The minimum atomic E-state index is -2.68. The number of rotatable bonds is 7. The van der Waals surface area contributed by atoms with Gasteiger partial charge < -0.3 is 9.47 Å². The maximum Gasteiger partial charge on any atom is 0.267 e. The van der Waals surface area contributed by atoms with Gasteiger partial charge in [0.1, 0.15) is 46.5 Å². The van der Waals surface area contributed by atoms with E-state index in [0.717, 1.165) is 45.7 Å². The van der Waals surface area contributed by atoms with Crippen molar-refractivity contribution in [1.82, 2.24) is 0 Å². The molecule has 0 heterocycles. The predicted molar refractivity (Wildman–Crippen MR) is 165 cm³/mol. The Hall–Kier alpha value is -3.39. The topological polar surface area (TPSA) is 42.2 Å². The zero-order valence-electron chi connectivity index (χ0n) is 24.2. The van der Waals surface area contributed by atoms with Crippen LogP contribution in [0.15, 0.2) is 70.5 Å². The molecule has 0 N–H and O–H groups in total. The van der Waals surface area contributed by atoms with Crippen LogP contribution in [0.4, 0.5) is 22.0 Å². The number of nitrogens with zero attached hydrogens (tertiary/aromatic N) is 1. The smallest absolute Gasteiger partial charge is 0.267 e. The molecule has 0 bridgehead atoms. The largest absolute Gasteiger partial charge is 0.457 e. The van der Waals surface area contributed by atoms with Gasteiger partial charge in [-0.15, -0.1) is 23.5 Å². The van der Waals surface area contributed by atoms with Gasteiger partial charge in [-0.2, -0.15) is 5.26 Å². The van der Waals surface area contributed by atoms with Gasteiger partial charge in [-0.05, 0) is 73.9 Å². The number of benzene rings is 4. The van der Waals surface area contributed by atoms with Crippen LogP contribution in [0.2, 0.25) is 5.02 Å². The first kappa shape index (κ1) is 35.8. The number of hydrogen-bond acceptors (Lipinski definition) is 5. The summed E-state index contributed by atoms with van der Waals surface area (Å²) in [6, 6.07) is 15.1. The zero-order valence-corrected chi connectivity index (χ0v) is 26.6. The quantitative estimate of drug-likeness (QED) is 0.147. The highest BCUT2D eigenvalue weighted by molar-refractivity contribution is 7.98. The molecule has 0 radical (unpaired) electrons. The highest BCUT2D eigenvalue weighted by Crippen LogP contribution is 2.39. The van der Waals surface area contributed by atoms with E-state index < -0.39 is 23.9 Å². The van der Waals surface area contributed by atoms with E-state index in [1.54, 1.807) is 19.1 Å². The van der Waals surface area contributed by atoms with Crippen LogP contribution >= 0.6 is 35.1 Å². The third kappa shape index (κ3) is 9.82. The van der Waals surface area contributed by atoms with E-state index in [-0.39, 0.29) is 33.6 Å². The molecule has 0 aliphatic heterocycles. The minimum Gasteiger partial charge on any atom is -0.457 e. The van der Waals surface area contributed by atoms with Gasteiger partial charge >= 0.3 is 0 Å². The van der Waals surface area contributed by atoms with Gasteiger partial charge in [0.15, 0.2) is 0 Å². The van der Waals surface area contributed by atoms with Crippen LogP contribution in [0.3, 0.4) is 0 Å². The number of thioether (sulfide) groups is 2. The molecule has 0 saturated heterocycles. The molecule has 0 aliphatic rings. The maximum atomic E-state index is 13.3. The monoisotopic (exact) mass is 653 g/mol. The normalized spacial score (nSPS) is 10.2. The molecule has 0 aromatic heterocycles. The third-order valence-corrected chi connectivity index (χ3v) is 7.68. The highest BCUT2D eigenvalue weighted by Gasteiger charge is 2.20. The number of hydrogen-bond donors (Lipinski definition) is 0. The molecular formula is C32H29ClF5NO2S2. The van der Waals surface area contributed by atoms with Crippen molar-refractivity contribution in [3.63, 3.8) is 0 Å². The van der Waals surface area contributed by atoms with Crippen molar-refractivity contribution in [2.45, 2.75) is 43.9 Å². The lowest BCUT2D eigenvalue weighted by Gasteiger charge is -2.15. The summed E-state index contributed by atoms with van der Waals surface area (Å²) in [5.74, 6) is -1.65. The second-order valence-electron chi connectivity index (χ2n) is 8.40. The fourth-order valence-corrected chi connectivity index (χ4v) is 5.25. The molecule has 0 spiro atoms. The summed E-state index contributed by atoms with van der Waals surface area (Å²) < 4.78 is 76.9. The van der Waals surface area contributed by atoms with Gasteiger partial charge in [0, 0.05) is 39.1 Å². The van der Waals surface area contributed by atoms with Gasteiger partial charge in [0.2, 0.25) is 0 Å². The van der Waals surface area contributed by atoms with Crippen molar-refractivity contribution in [3.05, 3.63) is 105 Å². The molecule has 3 nitrogen and oxygen atoms in total. The van der Waals surface area contributed by atoms with Crippen LogP contribution in [0.5, 0.6) is 23.0 Å². The van der Waals surface area contributed by atoms with Gasteiger partial charge in [0.05, 0.1) is 11.1 Å². The van der Waals surface area contributed by atoms with Crippen molar-refractivity contribution in [2.24, 2.45) is 0 Å². The fourth-order valence-electron chi connectivity index (χ4n) is 3.81. The number of nitriles is 1. The van der Waals surface area contributed by atoms with Crippen LogP contribution in [-0.2, 0) is 0 Å². The highest BCUT2D eigenvalue weighted by atomic mass is 35.5. The van der Waals surface area contributed by atoms with Gasteiger partial charge in [-0.3, -0.25) is 0 Å². The first-order valence-corrected chi connectivity index (χ1v) is 15.6. The van der Waals surface area contributed by atoms with Gasteiger partial charge in [-0.25, -0.2) is 22.0 Å². The van der Waals surface area contributed by atoms with Crippen molar-refractivity contribution < 1.29 is 31.4 Å². The number of ether oxygens (including phenoxy) is 2. The molecule has 0 aliphatic carbocycles. The molecule has 4 rings (SSSR count). The second-order valence-corrected chi connectivity index (χ2v) is 10.5. The fraction of sp³-hybridized carbons (Fsp3) is 0.219. The SMILES string of the molecule is CC.CSc1ccc(Oc2cc(F)cc(Cl)c2)c(C(F)F)c1C.CSc1ccc(Oc2cc(F)cc(F)c2)c(C#N)c1C. The molecule has 0 atom stereocenters. The third-order valence-electron chi connectivity index (χ3n) is 5.70. The Morgan fingerprint density at radius 3 is 1.67 bits per heavy atom. The minimum absolute atomic E-state index is 0.00182. The van der Waals surface area contributed by atoms with E-state index >= 15 is 0 Å². The van der Waals surface area contributed by atoms with Crippen LogP contribution < -0.4 is 9.47 Å². The Morgan fingerprint density at radius 2 is 1.19 bits per heavy atom. The summed E-state index contributed by atoms with van der Waals surface area (Å²) >= 11 is 8.62. The molecular weight excluding hydrogens is 625 g/mol. The molecule has 43 heavy (non-hydrogen) atoms. The summed E-state index contributed by atoms with van der Waals surface area (Å²) in [5.41, 5.74) is 1.41. The summed E-state index contributed by atoms with van der Waals surface area (Å²) in [7, 11) is 0. The maximum absolute atomic E-state index is 13.3. The predicted octanol–water partition coefficient (Wildman–Crippen LogP) is 11.9. The molecule has 0 fully saturated rings. The lowest BCUT2D eigenvalue weighted by molar-refractivity contribution is 0.147. The van der Waals surface area contributed by atoms with Crippen molar-refractivity contribution in [2.75, 3.05) is 12.5 Å². The van der Waals surface area contributed by atoms with Crippen LogP contribution in [0.25, 0.3) is 0 Å². The summed E-state index contributed by atoms with van der Waals surface area (Å²) in [4.78, 5) is 1.70. The first-order valence-electron chi connectivity index (χ1n) is 12.8. The Bertz CT molecular complexity index is 1560. The van der Waals surface area contributed by atoms with Gasteiger partial charge in [0.25, 0.3) is 6.43 Å². The molecule has 0 saturated carbocycles. The average molecular weight is 654 g/mol. The molecule has 0 amide bonds. The summed E-state index contributed by atoms with van der Waals surface area (Å²) in [6.07, 6.45) is 1.03. The van der Waals surface area contributed by atoms with Crippen molar-refractivity contribution >= 4 is 35.1 Å². The lowest BCUT2D eigenvalue weighted by atomic mass is 10.1. The van der Waals surface area contributed by atoms with E-state index in [1.165, 1.54) is 35.7 Å². The molecule has 4 aromatic rings. The van der Waals surface area contributed by atoms with E-state index in [0.29, 0.717) is 11.1 Å². The Labute approximate surface area is 262 Å². The zero-order chi connectivity index (χ0) is 32.3. The molecule has 4 aromatic carbocycles. The van der Waals surface area contributed by atoms with E-state index in [9.17, 15) is 27.2 Å². The number of alkyl halides is 2. The average Bonchev–Trinajstić information content (AvgIpc) is 2.94. The lowest BCUT2D eigenvalue weighted by Crippen LogP contribution is -1.97. The Balaban J connectivity index is 0.000000284. The Kier molecular flexibility index (Phi) is 14.2. The van der Waals surface area contributed by atoms with E-state index in [1.807, 2.05) is 39.3 Å². The molecule has 228 valence electrons. The molecule has 11 heteroatoms. The van der Waals surface area contributed by atoms with Crippen LogP contribution in [0, 0.1) is 42.6 Å². The first-order chi connectivity index (χ1) is 20.5. The summed E-state index contributed by atoms with van der Waals surface area (Å²) in [6.45, 7) is 7.42. The van der Waals surface area contributed by atoms with E-state index in [2.05, 4.69) is 6.07 Å².